The molecule has 0 amide bonds. The molecule has 1 aliphatic rings. The first-order chi connectivity index (χ1) is 14.3. The Kier molecular flexibility index (Phi) is 6.37. The van der Waals surface area contributed by atoms with Gasteiger partial charge in [-0.1, -0.05) is 37.6 Å². The van der Waals surface area contributed by atoms with Gasteiger partial charge >= 0.3 is 0 Å². The maximum Gasteiger partial charge on any atom is 0.132 e. The highest BCUT2D eigenvalue weighted by Gasteiger charge is 2.20. The van der Waals surface area contributed by atoms with Crippen molar-refractivity contribution in [3.63, 3.8) is 0 Å². The first kappa shape index (κ1) is 19.8. The molecule has 1 aromatic heterocycles. The average Bonchev–Trinajstić information content (AvgIpc) is 3.17. The molecule has 0 atom stereocenters. The number of morpholine rings is 1. The molecule has 1 fully saturated rings. The number of ether oxygens (including phenoxy) is 1. The molecule has 1 saturated heterocycles. The molecule has 5 heteroatoms. The molecule has 4 nitrogen and oxygen atoms in total. The van der Waals surface area contributed by atoms with Crippen LogP contribution >= 0.6 is 0 Å². The predicted octanol–water partition coefficient (Wildman–Crippen LogP) is 4.85. The van der Waals surface area contributed by atoms with Gasteiger partial charge < -0.3 is 4.74 Å². The number of benzene rings is 2. The molecule has 2 aromatic carbocycles. The minimum Gasteiger partial charge on any atom is -0.379 e. The van der Waals surface area contributed by atoms with Crippen LogP contribution < -0.4 is 0 Å². The average molecular weight is 394 g/mol. The summed E-state index contributed by atoms with van der Waals surface area (Å²) in [7, 11) is 0. The molecule has 4 rings (SSSR count). The number of aromatic nitrogens is 2. The van der Waals surface area contributed by atoms with Gasteiger partial charge in [-0.25, -0.2) is 9.07 Å². The van der Waals surface area contributed by atoms with E-state index in [2.05, 4.69) is 41.2 Å². The zero-order chi connectivity index (χ0) is 20.1. The predicted molar refractivity (Wildman–Crippen MR) is 114 cm³/mol. The van der Waals surface area contributed by atoms with Crippen molar-refractivity contribution in [2.75, 3.05) is 26.3 Å². The smallest absolute Gasteiger partial charge is 0.132 e. The van der Waals surface area contributed by atoms with Gasteiger partial charge in [-0.05, 0) is 42.7 Å². The van der Waals surface area contributed by atoms with E-state index in [1.54, 1.807) is 6.07 Å². The van der Waals surface area contributed by atoms with Crippen molar-refractivity contribution in [1.29, 1.82) is 0 Å². The van der Waals surface area contributed by atoms with E-state index in [0.29, 0.717) is 5.56 Å². The SMILES string of the molecule is CCCCc1ccc(-n2ncc(CN3CCOCC3)c2-c2ccccc2F)cc1. The number of hydrogen-bond acceptors (Lipinski definition) is 3. The fraction of sp³-hybridized carbons (Fsp3) is 0.375. The Bertz CT molecular complexity index is 930. The van der Waals surface area contributed by atoms with E-state index in [4.69, 9.17) is 4.74 Å². The van der Waals surface area contributed by atoms with Gasteiger partial charge in [0.05, 0.1) is 30.8 Å². The van der Waals surface area contributed by atoms with Crippen molar-refractivity contribution in [1.82, 2.24) is 14.7 Å². The lowest BCUT2D eigenvalue weighted by atomic mass is 10.1. The molecule has 3 aromatic rings. The van der Waals surface area contributed by atoms with Crippen LogP contribution in [0.15, 0.2) is 54.7 Å². The lowest BCUT2D eigenvalue weighted by Gasteiger charge is -2.26. The van der Waals surface area contributed by atoms with E-state index in [9.17, 15) is 4.39 Å². The van der Waals surface area contributed by atoms with Crippen LogP contribution in [0.1, 0.15) is 30.9 Å². The summed E-state index contributed by atoms with van der Waals surface area (Å²) in [6.45, 7) is 6.18. The van der Waals surface area contributed by atoms with Gasteiger partial charge in [0.2, 0.25) is 0 Å². The third-order valence-corrected chi connectivity index (χ3v) is 5.47. The normalized spacial score (nSPS) is 15.0. The fourth-order valence-electron chi connectivity index (χ4n) is 3.82. The minimum atomic E-state index is -0.225. The van der Waals surface area contributed by atoms with Crippen LogP contribution in [-0.4, -0.2) is 41.0 Å². The van der Waals surface area contributed by atoms with Crippen molar-refractivity contribution in [3.8, 4) is 16.9 Å². The van der Waals surface area contributed by atoms with Crippen molar-refractivity contribution in [2.24, 2.45) is 0 Å². The molecule has 0 radical (unpaired) electrons. The number of aryl methyl sites for hydroxylation is 1. The third kappa shape index (κ3) is 4.57. The first-order valence-corrected chi connectivity index (χ1v) is 10.5. The lowest BCUT2D eigenvalue weighted by molar-refractivity contribution is 0.0342. The van der Waals surface area contributed by atoms with E-state index < -0.39 is 0 Å². The molecule has 0 aliphatic carbocycles. The standard InChI is InChI=1S/C24H28FN3O/c1-2-3-6-19-9-11-21(12-10-19)28-24(22-7-4-5-8-23(22)25)20(17-26-28)18-27-13-15-29-16-14-27/h4-5,7-12,17H,2-3,6,13-16,18H2,1H3. The van der Waals surface area contributed by atoms with E-state index in [-0.39, 0.29) is 5.82 Å². The van der Waals surface area contributed by atoms with Crippen LogP contribution in [0.25, 0.3) is 16.9 Å². The molecule has 0 N–H and O–H groups in total. The summed E-state index contributed by atoms with van der Waals surface area (Å²) < 4.78 is 22.1. The van der Waals surface area contributed by atoms with Gasteiger partial charge in [0.25, 0.3) is 0 Å². The van der Waals surface area contributed by atoms with Crippen LogP contribution in [0.5, 0.6) is 0 Å². The second kappa shape index (κ2) is 9.33. The molecular formula is C24H28FN3O. The number of hydrogen-bond donors (Lipinski definition) is 0. The van der Waals surface area contributed by atoms with E-state index in [0.717, 1.165) is 56.2 Å². The highest BCUT2D eigenvalue weighted by atomic mass is 19.1. The molecule has 152 valence electrons. The molecule has 1 aliphatic heterocycles. The summed E-state index contributed by atoms with van der Waals surface area (Å²) in [5.41, 5.74) is 4.73. The summed E-state index contributed by atoms with van der Waals surface area (Å²) in [4.78, 5) is 2.34. The second-order valence-corrected chi connectivity index (χ2v) is 7.57. The molecule has 29 heavy (non-hydrogen) atoms. The van der Waals surface area contributed by atoms with Crippen molar-refractivity contribution >= 4 is 0 Å². The third-order valence-electron chi connectivity index (χ3n) is 5.47. The summed E-state index contributed by atoms with van der Waals surface area (Å²) in [5, 5.41) is 4.65. The fourth-order valence-corrected chi connectivity index (χ4v) is 3.82. The summed E-state index contributed by atoms with van der Waals surface area (Å²) in [5.74, 6) is -0.225. The van der Waals surface area contributed by atoms with Gasteiger partial charge in [0.15, 0.2) is 0 Å². The Morgan fingerprint density at radius 1 is 1.03 bits per heavy atom. The summed E-state index contributed by atoms with van der Waals surface area (Å²) in [6, 6.07) is 15.4. The van der Waals surface area contributed by atoms with Gasteiger partial charge in [0, 0.05) is 30.8 Å². The van der Waals surface area contributed by atoms with Gasteiger partial charge in [0.1, 0.15) is 5.82 Å². The van der Waals surface area contributed by atoms with Crippen LogP contribution in [0.3, 0.4) is 0 Å². The van der Waals surface area contributed by atoms with Crippen LogP contribution in [-0.2, 0) is 17.7 Å². The van der Waals surface area contributed by atoms with Gasteiger partial charge in [-0.15, -0.1) is 0 Å². The number of halogens is 1. The Hall–Kier alpha value is -2.50. The molecule has 0 bridgehead atoms. The van der Waals surface area contributed by atoms with Crippen molar-refractivity contribution in [2.45, 2.75) is 32.7 Å². The van der Waals surface area contributed by atoms with Crippen LogP contribution in [0.2, 0.25) is 0 Å². The Balaban J connectivity index is 1.70. The zero-order valence-electron chi connectivity index (χ0n) is 17.0. The number of rotatable bonds is 7. The lowest BCUT2D eigenvalue weighted by Crippen LogP contribution is -2.35. The molecular weight excluding hydrogens is 365 g/mol. The molecule has 0 saturated carbocycles. The minimum absolute atomic E-state index is 0.225. The number of nitrogens with zero attached hydrogens (tertiary/aromatic N) is 3. The monoisotopic (exact) mass is 393 g/mol. The van der Waals surface area contributed by atoms with E-state index >= 15 is 0 Å². The van der Waals surface area contributed by atoms with Crippen LogP contribution in [0.4, 0.5) is 4.39 Å². The second-order valence-electron chi connectivity index (χ2n) is 7.57. The van der Waals surface area contributed by atoms with E-state index in [1.165, 1.54) is 24.5 Å². The largest absolute Gasteiger partial charge is 0.379 e. The summed E-state index contributed by atoms with van der Waals surface area (Å²) in [6.07, 6.45) is 5.33. The summed E-state index contributed by atoms with van der Waals surface area (Å²) >= 11 is 0. The first-order valence-electron chi connectivity index (χ1n) is 10.5. The van der Waals surface area contributed by atoms with Crippen LogP contribution in [0, 0.1) is 5.82 Å². The van der Waals surface area contributed by atoms with E-state index in [1.807, 2.05) is 23.0 Å². The Labute approximate surface area is 171 Å². The Morgan fingerprint density at radius 2 is 1.79 bits per heavy atom. The molecule has 0 spiro atoms. The highest BCUT2D eigenvalue weighted by Crippen LogP contribution is 2.30. The van der Waals surface area contributed by atoms with Crippen molar-refractivity contribution < 1.29 is 9.13 Å². The maximum absolute atomic E-state index is 14.7. The van der Waals surface area contributed by atoms with Gasteiger partial charge in [-0.2, -0.15) is 5.10 Å². The molecule has 2 heterocycles. The highest BCUT2D eigenvalue weighted by molar-refractivity contribution is 5.66. The topological polar surface area (TPSA) is 30.3 Å². The quantitative estimate of drug-likeness (QED) is 0.575. The number of unbranched alkanes of at least 4 members (excludes halogenated alkanes) is 1. The Morgan fingerprint density at radius 3 is 2.52 bits per heavy atom. The van der Waals surface area contributed by atoms with Crippen molar-refractivity contribution in [3.05, 3.63) is 71.7 Å². The maximum atomic E-state index is 14.7. The molecule has 0 unspecified atom stereocenters. The van der Waals surface area contributed by atoms with Gasteiger partial charge in [-0.3, -0.25) is 4.90 Å². The zero-order valence-corrected chi connectivity index (χ0v) is 17.0.